The number of likely N-dealkylation sites (tertiary alicyclic amines) is 1. The summed E-state index contributed by atoms with van der Waals surface area (Å²) in [5, 5.41) is 0.453. The second-order valence-electron chi connectivity index (χ2n) is 5.30. The Kier molecular flexibility index (Phi) is 3.76. The minimum atomic E-state index is -0.276. The van der Waals surface area contributed by atoms with Gasteiger partial charge in [0.15, 0.2) is 0 Å². The van der Waals surface area contributed by atoms with Crippen LogP contribution in [0.1, 0.15) is 24.4 Å². The molecule has 5 heteroatoms. The van der Waals surface area contributed by atoms with E-state index < -0.39 is 0 Å². The van der Waals surface area contributed by atoms with Crippen molar-refractivity contribution in [2.24, 2.45) is 5.73 Å². The molecule has 0 radical (unpaired) electrons. The molecular weight excluding hydrogens is 267 g/mol. The number of hydrogen-bond acceptors (Lipinski definition) is 3. The second-order valence-corrected chi connectivity index (χ2v) is 5.71. The number of ether oxygens (including phenoxy) is 1. The van der Waals surface area contributed by atoms with Gasteiger partial charge in [-0.25, -0.2) is 4.39 Å². The van der Waals surface area contributed by atoms with Crippen molar-refractivity contribution in [2.45, 2.75) is 31.1 Å². The predicted octanol–water partition coefficient (Wildman–Crippen LogP) is 2.34. The zero-order valence-electron chi connectivity index (χ0n) is 10.7. The fraction of sp³-hybridized carbons (Fsp3) is 0.571. The number of rotatable bonds is 3. The van der Waals surface area contributed by atoms with Gasteiger partial charge in [-0.2, -0.15) is 0 Å². The second kappa shape index (κ2) is 5.37. The zero-order chi connectivity index (χ0) is 13.4. The molecule has 0 aliphatic carbocycles. The number of halogens is 2. The minimum absolute atomic E-state index is 0.166. The third-order valence-corrected chi connectivity index (χ3v) is 4.40. The molecule has 0 amide bonds. The van der Waals surface area contributed by atoms with Crippen molar-refractivity contribution in [2.75, 3.05) is 19.6 Å². The molecule has 0 aromatic heterocycles. The highest BCUT2D eigenvalue weighted by atomic mass is 35.5. The maximum atomic E-state index is 14.1. The lowest BCUT2D eigenvalue weighted by atomic mass is 10.0. The molecule has 1 aromatic carbocycles. The monoisotopic (exact) mass is 284 g/mol. The summed E-state index contributed by atoms with van der Waals surface area (Å²) in [6, 6.07) is 4.62. The van der Waals surface area contributed by atoms with Gasteiger partial charge in [0.1, 0.15) is 5.82 Å². The first-order chi connectivity index (χ1) is 9.19. The molecule has 1 aromatic rings. The van der Waals surface area contributed by atoms with Crippen LogP contribution in [0.5, 0.6) is 0 Å². The Bertz CT molecular complexity index is 439. The molecule has 2 fully saturated rings. The van der Waals surface area contributed by atoms with E-state index in [1.807, 2.05) is 0 Å². The van der Waals surface area contributed by atoms with E-state index >= 15 is 0 Å². The van der Waals surface area contributed by atoms with Crippen LogP contribution in [-0.4, -0.2) is 36.7 Å². The van der Waals surface area contributed by atoms with Crippen LogP contribution in [0.3, 0.4) is 0 Å². The van der Waals surface area contributed by atoms with E-state index in [1.165, 1.54) is 6.07 Å². The van der Waals surface area contributed by atoms with Crippen molar-refractivity contribution in [3.63, 3.8) is 0 Å². The maximum Gasteiger partial charge on any atom is 0.129 e. The van der Waals surface area contributed by atoms with Crippen LogP contribution in [0.25, 0.3) is 0 Å². The van der Waals surface area contributed by atoms with Gasteiger partial charge < -0.3 is 10.5 Å². The van der Waals surface area contributed by atoms with Crippen LogP contribution in [0.15, 0.2) is 18.2 Å². The number of morpholine rings is 1. The Labute approximate surface area is 117 Å². The maximum absolute atomic E-state index is 14.1. The van der Waals surface area contributed by atoms with Crippen LogP contribution >= 0.6 is 11.6 Å². The van der Waals surface area contributed by atoms with Crippen LogP contribution in [0, 0.1) is 5.82 Å². The Hall–Kier alpha value is -0.680. The molecule has 2 aliphatic rings. The highest BCUT2D eigenvalue weighted by molar-refractivity contribution is 6.31. The predicted molar refractivity (Wildman–Crippen MR) is 72.7 cm³/mol. The number of benzene rings is 1. The van der Waals surface area contributed by atoms with Gasteiger partial charge >= 0.3 is 0 Å². The van der Waals surface area contributed by atoms with Crippen molar-refractivity contribution in [3.8, 4) is 0 Å². The smallest absolute Gasteiger partial charge is 0.129 e. The van der Waals surface area contributed by atoms with Gasteiger partial charge in [0.25, 0.3) is 0 Å². The van der Waals surface area contributed by atoms with E-state index in [0.29, 0.717) is 17.1 Å². The molecule has 2 bridgehead atoms. The van der Waals surface area contributed by atoms with Gasteiger partial charge in [0.05, 0.1) is 18.2 Å². The first kappa shape index (κ1) is 13.3. The first-order valence-corrected chi connectivity index (χ1v) is 7.10. The SMILES string of the molecule is NCC(c1c(F)cccc1Cl)N1CC2CCC(C1)O2. The highest BCUT2D eigenvalue weighted by Gasteiger charge is 2.37. The Morgan fingerprint density at radius 1 is 1.37 bits per heavy atom. The first-order valence-electron chi connectivity index (χ1n) is 6.72. The molecule has 0 saturated carbocycles. The molecule has 19 heavy (non-hydrogen) atoms. The Balaban J connectivity index is 1.88. The Morgan fingerprint density at radius 2 is 2.05 bits per heavy atom. The summed E-state index contributed by atoms with van der Waals surface area (Å²) in [5.74, 6) is -0.276. The number of nitrogens with zero attached hydrogens (tertiary/aromatic N) is 1. The lowest BCUT2D eigenvalue weighted by Crippen LogP contribution is -2.46. The number of hydrogen-bond donors (Lipinski definition) is 1. The zero-order valence-corrected chi connectivity index (χ0v) is 11.4. The number of nitrogens with two attached hydrogens (primary N) is 1. The van der Waals surface area contributed by atoms with Gasteiger partial charge in [0, 0.05) is 30.2 Å². The average molecular weight is 285 g/mol. The van der Waals surface area contributed by atoms with Crippen LogP contribution in [0.2, 0.25) is 5.02 Å². The Morgan fingerprint density at radius 3 is 2.63 bits per heavy atom. The van der Waals surface area contributed by atoms with Crippen molar-refractivity contribution in [1.82, 2.24) is 4.90 Å². The summed E-state index contributed by atoms with van der Waals surface area (Å²) in [6.07, 6.45) is 2.70. The van der Waals surface area contributed by atoms with Gasteiger partial charge in [-0.05, 0) is 25.0 Å². The molecule has 104 valence electrons. The molecule has 2 heterocycles. The molecule has 2 saturated heterocycles. The van der Waals surface area contributed by atoms with Gasteiger partial charge in [-0.15, -0.1) is 0 Å². The molecule has 3 rings (SSSR count). The molecule has 3 unspecified atom stereocenters. The lowest BCUT2D eigenvalue weighted by Gasteiger charge is -2.38. The number of fused-ring (bicyclic) bond motifs is 2. The van der Waals surface area contributed by atoms with Crippen LogP contribution in [0.4, 0.5) is 4.39 Å². The van der Waals surface area contributed by atoms with E-state index in [0.717, 1.165) is 25.9 Å². The lowest BCUT2D eigenvalue weighted by molar-refractivity contribution is -0.0524. The fourth-order valence-corrected chi connectivity index (χ4v) is 3.47. The van der Waals surface area contributed by atoms with Gasteiger partial charge in [0.2, 0.25) is 0 Å². The van der Waals surface area contributed by atoms with Crippen molar-refractivity contribution >= 4 is 11.6 Å². The molecule has 3 nitrogen and oxygen atoms in total. The summed E-state index contributed by atoms with van der Waals surface area (Å²) >= 11 is 6.16. The van der Waals surface area contributed by atoms with Crippen molar-refractivity contribution in [1.29, 1.82) is 0 Å². The normalized spacial score (nSPS) is 28.6. The summed E-state index contributed by atoms with van der Waals surface area (Å²) in [6.45, 7) is 1.98. The minimum Gasteiger partial charge on any atom is -0.372 e. The van der Waals surface area contributed by atoms with Gasteiger partial charge in [-0.1, -0.05) is 17.7 Å². The van der Waals surface area contributed by atoms with E-state index in [2.05, 4.69) is 4.90 Å². The third-order valence-electron chi connectivity index (χ3n) is 4.07. The standard InChI is InChI=1S/C14H18ClFN2O/c15-11-2-1-3-12(16)14(11)13(6-17)18-7-9-4-5-10(8-18)19-9/h1-3,9-10,13H,4-8,17H2. The summed E-state index contributed by atoms with van der Waals surface area (Å²) in [5.41, 5.74) is 6.40. The van der Waals surface area contributed by atoms with Crippen molar-refractivity contribution < 1.29 is 9.13 Å². The fourth-order valence-electron chi connectivity index (χ4n) is 3.18. The highest BCUT2D eigenvalue weighted by Crippen LogP contribution is 2.34. The van der Waals surface area contributed by atoms with Gasteiger partial charge in [-0.3, -0.25) is 4.90 Å². The molecule has 2 aliphatic heterocycles. The van der Waals surface area contributed by atoms with Crippen LogP contribution in [-0.2, 0) is 4.74 Å². The van der Waals surface area contributed by atoms with E-state index in [9.17, 15) is 4.39 Å². The van der Waals surface area contributed by atoms with E-state index in [1.54, 1.807) is 12.1 Å². The topological polar surface area (TPSA) is 38.5 Å². The molecular formula is C14H18ClFN2O. The molecule has 2 N–H and O–H groups in total. The molecule has 3 atom stereocenters. The molecule has 0 spiro atoms. The average Bonchev–Trinajstić information content (AvgIpc) is 2.73. The summed E-state index contributed by atoms with van der Waals surface area (Å²) in [7, 11) is 0. The quantitative estimate of drug-likeness (QED) is 0.926. The van der Waals surface area contributed by atoms with Crippen LogP contribution < -0.4 is 5.73 Å². The van der Waals surface area contributed by atoms with Crippen molar-refractivity contribution in [3.05, 3.63) is 34.6 Å². The third kappa shape index (κ3) is 2.50. The largest absolute Gasteiger partial charge is 0.372 e. The van der Waals surface area contributed by atoms with E-state index in [-0.39, 0.29) is 24.1 Å². The summed E-state index contributed by atoms with van der Waals surface area (Å²) in [4.78, 5) is 2.22. The van der Waals surface area contributed by atoms with E-state index in [4.69, 9.17) is 22.1 Å². The summed E-state index contributed by atoms with van der Waals surface area (Å²) < 4.78 is 19.9.